The summed E-state index contributed by atoms with van der Waals surface area (Å²) >= 11 is 5.34. The maximum Gasteiger partial charge on any atom is 0.417 e. The maximum atomic E-state index is 12.2. The van der Waals surface area contributed by atoms with E-state index in [1.165, 1.54) is 6.07 Å². The summed E-state index contributed by atoms with van der Waals surface area (Å²) in [6.07, 6.45) is -4.56. The highest BCUT2D eigenvalue weighted by atomic mass is 35.5. The summed E-state index contributed by atoms with van der Waals surface area (Å²) in [5.41, 5.74) is -1.60. The topological polar surface area (TPSA) is 23.8 Å². The van der Waals surface area contributed by atoms with Gasteiger partial charge >= 0.3 is 6.18 Å². The third-order valence-corrected chi connectivity index (χ3v) is 1.54. The number of halogens is 4. The van der Waals surface area contributed by atoms with Gasteiger partial charge in [0.2, 0.25) is 0 Å². The molecule has 0 aliphatic rings. The Bertz CT molecular complexity index is 365. The average molecular weight is 205 g/mol. The van der Waals surface area contributed by atoms with Crippen LogP contribution in [0.25, 0.3) is 0 Å². The lowest BCUT2D eigenvalue weighted by Crippen LogP contribution is -2.07. The van der Waals surface area contributed by atoms with Crippen LogP contribution < -0.4 is 0 Å². The van der Waals surface area contributed by atoms with E-state index in [2.05, 4.69) is 6.07 Å². The Morgan fingerprint density at radius 1 is 1.46 bits per heavy atom. The van der Waals surface area contributed by atoms with Crippen molar-refractivity contribution >= 4 is 11.6 Å². The van der Waals surface area contributed by atoms with Crippen LogP contribution >= 0.6 is 11.6 Å². The van der Waals surface area contributed by atoms with E-state index in [1.807, 2.05) is 0 Å². The molecule has 1 rings (SSSR count). The van der Waals surface area contributed by atoms with Crippen LogP contribution in [0.4, 0.5) is 13.2 Å². The lowest BCUT2D eigenvalue weighted by Gasteiger charge is -2.07. The fraction of sp³-hybridized carbons (Fsp3) is 0.125. The Hall–Kier alpha value is -1.21. The molecule has 13 heavy (non-hydrogen) atoms. The molecule has 0 aliphatic heterocycles. The van der Waals surface area contributed by atoms with Gasteiger partial charge < -0.3 is 0 Å². The smallest absolute Gasteiger partial charge is 0.192 e. The second-order valence-corrected chi connectivity index (χ2v) is 2.65. The largest absolute Gasteiger partial charge is 0.417 e. The van der Waals surface area contributed by atoms with E-state index in [1.54, 1.807) is 0 Å². The minimum absolute atomic E-state index is 0.0914. The molecule has 67 valence electrons. The summed E-state index contributed by atoms with van der Waals surface area (Å²) in [6, 6.07) is 5.37. The highest BCUT2D eigenvalue weighted by Crippen LogP contribution is 2.33. The predicted molar refractivity (Wildman–Crippen MR) is 40.0 cm³/mol. The molecular weight excluding hydrogens is 203 g/mol. The van der Waals surface area contributed by atoms with Crippen LogP contribution in [-0.2, 0) is 6.18 Å². The Morgan fingerprint density at radius 2 is 2.08 bits per heavy atom. The third-order valence-electron chi connectivity index (χ3n) is 1.32. The first-order valence-corrected chi connectivity index (χ1v) is 3.51. The zero-order valence-corrected chi connectivity index (χ0v) is 6.87. The fourth-order valence-corrected chi connectivity index (χ4v) is 0.950. The summed E-state index contributed by atoms with van der Waals surface area (Å²) < 4.78 is 36.6. The van der Waals surface area contributed by atoms with Crippen LogP contribution in [0.15, 0.2) is 12.1 Å². The van der Waals surface area contributed by atoms with Gasteiger partial charge in [0.1, 0.15) is 6.07 Å². The number of nitrogens with zero attached hydrogens (tertiary/aromatic N) is 1. The van der Waals surface area contributed by atoms with Gasteiger partial charge in [0.25, 0.3) is 0 Å². The van der Waals surface area contributed by atoms with E-state index in [9.17, 15) is 13.2 Å². The quantitative estimate of drug-likeness (QED) is 0.637. The molecule has 0 heterocycles. The monoisotopic (exact) mass is 204 g/mol. The number of hydrogen-bond acceptors (Lipinski definition) is 1. The molecule has 1 aromatic carbocycles. The van der Waals surface area contributed by atoms with Crippen molar-refractivity contribution in [2.24, 2.45) is 0 Å². The number of nitriles is 1. The summed E-state index contributed by atoms with van der Waals surface area (Å²) in [5.74, 6) is 0. The molecule has 0 unspecified atom stereocenters. The van der Waals surface area contributed by atoms with E-state index in [0.29, 0.717) is 6.07 Å². The maximum absolute atomic E-state index is 12.2. The second-order valence-electron chi connectivity index (χ2n) is 2.22. The Morgan fingerprint density at radius 3 is 2.54 bits per heavy atom. The van der Waals surface area contributed by atoms with Crippen LogP contribution in [0.1, 0.15) is 11.1 Å². The van der Waals surface area contributed by atoms with Gasteiger partial charge in [-0.3, -0.25) is 0 Å². The van der Waals surface area contributed by atoms with Crippen LogP contribution in [0.2, 0.25) is 5.02 Å². The molecule has 1 nitrogen and oxygen atoms in total. The van der Waals surface area contributed by atoms with E-state index in [4.69, 9.17) is 16.9 Å². The molecule has 1 radical (unpaired) electrons. The van der Waals surface area contributed by atoms with Gasteiger partial charge in [-0.05, 0) is 12.1 Å². The first-order valence-electron chi connectivity index (χ1n) is 3.13. The Labute approximate surface area is 77.4 Å². The van der Waals surface area contributed by atoms with Crippen molar-refractivity contribution in [1.29, 1.82) is 5.26 Å². The summed E-state index contributed by atoms with van der Waals surface area (Å²) in [4.78, 5) is 0. The first-order chi connectivity index (χ1) is 5.95. The number of benzene rings is 1. The molecule has 0 saturated heterocycles. The van der Waals surface area contributed by atoms with Gasteiger partial charge in [0.15, 0.2) is 0 Å². The molecule has 1 aromatic rings. The highest BCUT2D eigenvalue weighted by molar-refractivity contribution is 6.30. The molecule has 0 bridgehead atoms. The molecular formula is C8H2ClF3N. The minimum atomic E-state index is -4.56. The summed E-state index contributed by atoms with van der Waals surface area (Å²) in [6.45, 7) is 0. The van der Waals surface area contributed by atoms with Crippen molar-refractivity contribution in [3.8, 4) is 6.07 Å². The van der Waals surface area contributed by atoms with E-state index in [0.717, 1.165) is 6.07 Å². The number of rotatable bonds is 0. The van der Waals surface area contributed by atoms with Crippen molar-refractivity contribution < 1.29 is 13.2 Å². The summed E-state index contributed by atoms with van der Waals surface area (Å²) in [7, 11) is 0. The minimum Gasteiger partial charge on any atom is -0.192 e. The zero-order chi connectivity index (χ0) is 10.1. The van der Waals surface area contributed by atoms with Crippen molar-refractivity contribution in [3.05, 3.63) is 34.3 Å². The molecule has 0 spiro atoms. The van der Waals surface area contributed by atoms with Crippen LogP contribution in [0.3, 0.4) is 0 Å². The van der Waals surface area contributed by atoms with Crippen molar-refractivity contribution in [1.82, 2.24) is 0 Å². The molecule has 0 atom stereocenters. The number of hydrogen-bond donors (Lipinski definition) is 0. The molecule has 0 N–H and O–H groups in total. The van der Waals surface area contributed by atoms with Crippen molar-refractivity contribution in [3.63, 3.8) is 0 Å². The molecule has 0 fully saturated rings. The summed E-state index contributed by atoms with van der Waals surface area (Å²) in [5, 5.41) is 8.26. The molecule has 0 aromatic heterocycles. The van der Waals surface area contributed by atoms with Crippen LogP contribution in [-0.4, -0.2) is 0 Å². The fourth-order valence-electron chi connectivity index (χ4n) is 0.787. The van der Waals surface area contributed by atoms with Gasteiger partial charge in [-0.25, -0.2) is 0 Å². The average Bonchev–Trinajstić information content (AvgIpc) is 2.03. The normalized spacial score (nSPS) is 11.0. The standard InChI is InChI=1S/C8H2ClF3N/c9-6-2-1-5(4-13)7(3-6)8(10,11)12/h2-3H. The number of alkyl halides is 3. The third kappa shape index (κ3) is 2.13. The van der Waals surface area contributed by atoms with Gasteiger partial charge in [-0.1, -0.05) is 11.6 Å². The molecule has 0 aliphatic carbocycles. The van der Waals surface area contributed by atoms with E-state index >= 15 is 0 Å². The van der Waals surface area contributed by atoms with Gasteiger partial charge in [0, 0.05) is 11.1 Å². The second kappa shape index (κ2) is 3.27. The van der Waals surface area contributed by atoms with Crippen molar-refractivity contribution in [2.45, 2.75) is 6.18 Å². The predicted octanol–water partition coefficient (Wildman–Crippen LogP) is 3.03. The van der Waals surface area contributed by atoms with Gasteiger partial charge in [-0.2, -0.15) is 18.4 Å². The molecule has 0 saturated carbocycles. The van der Waals surface area contributed by atoms with E-state index in [-0.39, 0.29) is 5.02 Å². The first kappa shape index (κ1) is 9.87. The van der Waals surface area contributed by atoms with Crippen LogP contribution in [0, 0.1) is 17.4 Å². The molecule has 5 heteroatoms. The lowest BCUT2D eigenvalue weighted by atomic mass is 10.1. The highest BCUT2D eigenvalue weighted by Gasteiger charge is 2.33. The molecule has 0 amide bonds. The van der Waals surface area contributed by atoms with E-state index < -0.39 is 17.3 Å². The van der Waals surface area contributed by atoms with Crippen LogP contribution in [0.5, 0.6) is 0 Å². The lowest BCUT2D eigenvalue weighted by molar-refractivity contribution is -0.137. The Balaban J connectivity index is 3.35. The van der Waals surface area contributed by atoms with Crippen molar-refractivity contribution in [2.75, 3.05) is 0 Å². The SMILES string of the molecule is N#Cc1[c]cc(Cl)cc1C(F)(F)F. The Kier molecular flexibility index (Phi) is 2.48. The van der Waals surface area contributed by atoms with Gasteiger partial charge in [0.05, 0.1) is 11.1 Å². The van der Waals surface area contributed by atoms with Gasteiger partial charge in [-0.15, -0.1) is 0 Å². The zero-order valence-electron chi connectivity index (χ0n) is 6.11.